The van der Waals surface area contributed by atoms with Crippen LogP contribution in [0.25, 0.3) is 0 Å². The first-order valence-corrected chi connectivity index (χ1v) is 6.43. The Bertz CT molecular complexity index is 269. The van der Waals surface area contributed by atoms with E-state index in [2.05, 4.69) is 0 Å². The van der Waals surface area contributed by atoms with Crippen molar-refractivity contribution in [3.63, 3.8) is 0 Å². The molecular weight excluding hydrogens is 220 g/mol. The summed E-state index contributed by atoms with van der Waals surface area (Å²) in [4.78, 5) is 14.4. The maximum Gasteiger partial charge on any atom is 0.230 e. The number of hydrogen-bond donors (Lipinski definition) is 2. The summed E-state index contributed by atoms with van der Waals surface area (Å²) >= 11 is 0. The molecule has 2 fully saturated rings. The highest BCUT2D eigenvalue weighted by molar-refractivity contribution is 5.83. The van der Waals surface area contributed by atoms with E-state index in [0.29, 0.717) is 45.7 Å². The van der Waals surface area contributed by atoms with Gasteiger partial charge in [0.25, 0.3) is 0 Å². The largest absolute Gasteiger partial charge is 0.393 e. The predicted molar refractivity (Wildman–Crippen MR) is 63.4 cm³/mol. The van der Waals surface area contributed by atoms with Gasteiger partial charge < -0.3 is 20.5 Å². The Hall–Kier alpha value is -0.650. The second-order valence-corrected chi connectivity index (χ2v) is 5.12. The highest BCUT2D eigenvalue weighted by atomic mass is 16.5. The smallest absolute Gasteiger partial charge is 0.230 e. The molecule has 0 aromatic rings. The number of aliphatic hydroxyl groups is 1. The molecule has 0 radical (unpaired) electrons. The number of rotatable bonds is 2. The first-order chi connectivity index (χ1) is 8.18. The van der Waals surface area contributed by atoms with Gasteiger partial charge in [-0.05, 0) is 25.7 Å². The first-order valence-electron chi connectivity index (χ1n) is 6.43. The minimum Gasteiger partial charge on any atom is -0.393 e. The Labute approximate surface area is 102 Å². The van der Waals surface area contributed by atoms with Gasteiger partial charge in [-0.2, -0.15) is 0 Å². The third kappa shape index (κ3) is 2.61. The van der Waals surface area contributed by atoms with Crippen LogP contribution in [-0.2, 0) is 9.53 Å². The van der Waals surface area contributed by atoms with Crippen LogP contribution in [0.4, 0.5) is 0 Å². The number of likely N-dealkylation sites (tertiary alicyclic amines) is 1. The van der Waals surface area contributed by atoms with Crippen LogP contribution in [0.3, 0.4) is 0 Å². The third-order valence-corrected chi connectivity index (χ3v) is 4.05. The standard InChI is InChI=1S/C12H22N2O3/c13-9-12(3-7-17-8-4-12)11(16)14-5-1-10(15)2-6-14/h10,15H,1-9,13H2. The van der Waals surface area contributed by atoms with Crippen LogP contribution in [0.5, 0.6) is 0 Å². The average molecular weight is 242 g/mol. The Morgan fingerprint density at radius 3 is 2.47 bits per heavy atom. The Kier molecular flexibility index (Phi) is 4.01. The number of hydrogen-bond acceptors (Lipinski definition) is 4. The van der Waals surface area contributed by atoms with E-state index in [9.17, 15) is 9.90 Å². The molecule has 3 N–H and O–H groups in total. The van der Waals surface area contributed by atoms with Crippen LogP contribution in [0.15, 0.2) is 0 Å². The quantitative estimate of drug-likeness (QED) is 0.698. The molecule has 17 heavy (non-hydrogen) atoms. The number of amides is 1. The maximum absolute atomic E-state index is 12.5. The lowest BCUT2D eigenvalue weighted by atomic mass is 9.78. The fraction of sp³-hybridized carbons (Fsp3) is 0.917. The van der Waals surface area contributed by atoms with E-state index >= 15 is 0 Å². The molecule has 98 valence electrons. The Morgan fingerprint density at radius 2 is 1.94 bits per heavy atom. The van der Waals surface area contributed by atoms with Crippen LogP contribution in [0.2, 0.25) is 0 Å². The van der Waals surface area contributed by atoms with Crippen molar-refractivity contribution in [3.05, 3.63) is 0 Å². The molecule has 0 saturated carbocycles. The molecule has 0 atom stereocenters. The lowest BCUT2D eigenvalue weighted by Gasteiger charge is -2.40. The maximum atomic E-state index is 12.5. The number of piperidine rings is 1. The van der Waals surface area contributed by atoms with E-state index in [1.165, 1.54) is 0 Å². The molecule has 0 aromatic carbocycles. The second kappa shape index (κ2) is 5.33. The molecule has 2 heterocycles. The highest BCUT2D eigenvalue weighted by Crippen LogP contribution is 2.32. The van der Waals surface area contributed by atoms with Crippen LogP contribution < -0.4 is 5.73 Å². The monoisotopic (exact) mass is 242 g/mol. The molecule has 2 rings (SSSR count). The summed E-state index contributed by atoms with van der Waals surface area (Å²) in [7, 11) is 0. The molecule has 5 heteroatoms. The lowest BCUT2D eigenvalue weighted by molar-refractivity contribution is -0.149. The van der Waals surface area contributed by atoms with Crippen molar-refractivity contribution in [3.8, 4) is 0 Å². The first kappa shape index (κ1) is 12.8. The Morgan fingerprint density at radius 1 is 1.35 bits per heavy atom. The van der Waals surface area contributed by atoms with Gasteiger partial charge in [-0.15, -0.1) is 0 Å². The van der Waals surface area contributed by atoms with Gasteiger partial charge in [0.05, 0.1) is 11.5 Å². The molecule has 0 bridgehead atoms. The van der Waals surface area contributed by atoms with Crippen molar-refractivity contribution in [1.29, 1.82) is 0 Å². The van der Waals surface area contributed by atoms with E-state index in [1.807, 2.05) is 4.90 Å². The summed E-state index contributed by atoms with van der Waals surface area (Å²) in [6.45, 7) is 2.96. The zero-order chi connectivity index (χ0) is 12.3. The van der Waals surface area contributed by atoms with Gasteiger partial charge >= 0.3 is 0 Å². The fourth-order valence-corrected chi connectivity index (χ4v) is 2.67. The molecular formula is C12H22N2O3. The van der Waals surface area contributed by atoms with Crippen molar-refractivity contribution < 1.29 is 14.6 Å². The number of carbonyl (C=O) groups excluding carboxylic acids is 1. The number of ether oxygens (including phenoxy) is 1. The highest BCUT2D eigenvalue weighted by Gasteiger charge is 2.41. The molecule has 5 nitrogen and oxygen atoms in total. The molecule has 0 aromatic heterocycles. The minimum absolute atomic E-state index is 0.162. The summed E-state index contributed by atoms with van der Waals surface area (Å²) in [5.41, 5.74) is 5.40. The summed E-state index contributed by atoms with van der Waals surface area (Å²) in [5, 5.41) is 9.46. The van der Waals surface area contributed by atoms with Gasteiger partial charge in [0.15, 0.2) is 0 Å². The van der Waals surface area contributed by atoms with E-state index < -0.39 is 5.41 Å². The van der Waals surface area contributed by atoms with E-state index in [-0.39, 0.29) is 12.0 Å². The van der Waals surface area contributed by atoms with Gasteiger partial charge in [0.1, 0.15) is 0 Å². The Balaban J connectivity index is 2.01. The van der Waals surface area contributed by atoms with Crippen molar-refractivity contribution in [2.75, 3.05) is 32.8 Å². The van der Waals surface area contributed by atoms with Crippen LogP contribution in [0, 0.1) is 5.41 Å². The van der Waals surface area contributed by atoms with E-state index in [4.69, 9.17) is 10.5 Å². The predicted octanol–water partition coefficient (Wildman–Crippen LogP) is -0.275. The van der Waals surface area contributed by atoms with Crippen molar-refractivity contribution in [1.82, 2.24) is 4.90 Å². The number of carbonyl (C=O) groups is 1. The van der Waals surface area contributed by atoms with Crippen molar-refractivity contribution >= 4 is 5.91 Å². The van der Waals surface area contributed by atoms with Crippen LogP contribution in [0.1, 0.15) is 25.7 Å². The summed E-state index contributed by atoms with van der Waals surface area (Å²) in [5.74, 6) is 0.162. The molecule has 0 unspecified atom stereocenters. The van der Waals surface area contributed by atoms with Gasteiger partial charge in [-0.25, -0.2) is 0 Å². The van der Waals surface area contributed by atoms with Gasteiger partial charge in [-0.3, -0.25) is 4.79 Å². The normalized spacial score (nSPS) is 25.9. The molecule has 2 aliphatic heterocycles. The van der Waals surface area contributed by atoms with Crippen LogP contribution in [-0.4, -0.2) is 54.9 Å². The number of aliphatic hydroxyl groups excluding tert-OH is 1. The lowest BCUT2D eigenvalue weighted by Crippen LogP contribution is -2.53. The number of nitrogens with two attached hydrogens (primary N) is 1. The summed E-state index contributed by atoms with van der Waals surface area (Å²) in [6, 6.07) is 0. The molecule has 1 amide bonds. The molecule has 2 aliphatic rings. The molecule has 0 aliphatic carbocycles. The molecule has 2 saturated heterocycles. The van der Waals surface area contributed by atoms with Gasteiger partial charge in [0.2, 0.25) is 5.91 Å². The molecule has 0 spiro atoms. The minimum atomic E-state index is -0.416. The zero-order valence-corrected chi connectivity index (χ0v) is 10.2. The van der Waals surface area contributed by atoms with E-state index in [1.54, 1.807) is 0 Å². The summed E-state index contributed by atoms with van der Waals surface area (Å²) in [6.07, 6.45) is 2.57. The van der Waals surface area contributed by atoms with Crippen molar-refractivity contribution in [2.24, 2.45) is 11.1 Å². The average Bonchev–Trinajstić information content (AvgIpc) is 2.39. The zero-order valence-electron chi connectivity index (χ0n) is 10.2. The summed E-state index contributed by atoms with van der Waals surface area (Å²) < 4.78 is 5.31. The van der Waals surface area contributed by atoms with Gasteiger partial charge in [-0.1, -0.05) is 0 Å². The fourth-order valence-electron chi connectivity index (χ4n) is 2.67. The topological polar surface area (TPSA) is 75.8 Å². The second-order valence-electron chi connectivity index (χ2n) is 5.12. The SMILES string of the molecule is NCC1(C(=O)N2CCC(O)CC2)CCOCC1. The van der Waals surface area contributed by atoms with Gasteiger partial charge in [0, 0.05) is 32.8 Å². The van der Waals surface area contributed by atoms with Crippen LogP contribution >= 0.6 is 0 Å². The third-order valence-electron chi connectivity index (χ3n) is 4.05. The van der Waals surface area contributed by atoms with Crippen molar-refractivity contribution in [2.45, 2.75) is 31.8 Å². The van der Waals surface area contributed by atoms with E-state index in [0.717, 1.165) is 12.8 Å². The number of nitrogens with zero attached hydrogens (tertiary/aromatic N) is 1.